The third-order valence-electron chi connectivity index (χ3n) is 8.54. The molecule has 15 heteroatoms. The molecule has 3 aromatic carbocycles. The number of rotatable bonds is 11. The summed E-state index contributed by atoms with van der Waals surface area (Å²) in [7, 11) is -3.06. The third kappa shape index (κ3) is 6.56. The van der Waals surface area contributed by atoms with Gasteiger partial charge in [-0.3, -0.25) is 4.98 Å². The summed E-state index contributed by atoms with van der Waals surface area (Å²) in [6.45, 7) is 0.0946. The Labute approximate surface area is 268 Å². The highest BCUT2D eigenvalue weighted by Crippen LogP contribution is 2.35. The summed E-state index contributed by atoms with van der Waals surface area (Å²) in [4.78, 5) is 12.3. The second-order valence-electron chi connectivity index (χ2n) is 11.4. The van der Waals surface area contributed by atoms with Crippen LogP contribution in [-0.2, 0) is 29.4 Å². The third-order valence-corrected chi connectivity index (χ3v) is 10.0. The first-order valence-electron chi connectivity index (χ1n) is 15.1. The van der Waals surface area contributed by atoms with E-state index < -0.39 is 57.3 Å². The van der Waals surface area contributed by atoms with E-state index in [0.29, 0.717) is 43.2 Å². The van der Waals surface area contributed by atoms with Gasteiger partial charge in [-0.15, -0.1) is 0 Å². The Morgan fingerprint density at radius 2 is 1.70 bits per heavy atom. The normalized spacial score (nSPS) is 16.9. The second kappa shape index (κ2) is 13.6. The Morgan fingerprint density at radius 1 is 0.936 bits per heavy atom. The number of nitrogens with one attached hydrogen (secondary N) is 1. The fourth-order valence-electron chi connectivity index (χ4n) is 6.08. The van der Waals surface area contributed by atoms with Crippen molar-refractivity contribution in [2.45, 2.75) is 43.2 Å². The van der Waals surface area contributed by atoms with E-state index in [9.17, 15) is 30.4 Å². The molecule has 0 bridgehead atoms. The lowest BCUT2D eigenvalue weighted by Crippen LogP contribution is -2.34. The van der Waals surface area contributed by atoms with Gasteiger partial charge in [0.25, 0.3) is 0 Å². The number of anilines is 1. The van der Waals surface area contributed by atoms with Crippen molar-refractivity contribution in [3.63, 3.8) is 0 Å². The molecule has 1 N–H and O–H groups in total. The molecule has 0 aliphatic carbocycles. The highest BCUT2D eigenvalue weighted by Gasteiger charge is 2.34. The lowest BCUT2D eigenvalue weighted by molar-refractivity contribution is 0.173. The van der Waals surface area contributed by atoms with E-state index in [1.807, 2.05) is 30.0 Å². The fraction of sp³-hybridized carbons (Fsp3) is 0.375. The first-order valence-corrected chi connectivity index (χ1v) is 16.6. The Balaban J connectivity index is 1.26. The maximum atomic E-state index is 14.6. The number of alkyl halides is 1. The van der Waals surface area contributed by atoms with E-state index >= 15 is 0 Å². The minimum Gasteiger partial charge on any atom is -0.475 e. The molecule has 1 saturated heterocycles. The van der Waals surface area contributed by atoms with Crippen LogP contribution in [0.5, 0.6) is 11.6 Å². The molecule has 1 aromatic heterocycles. The molecule has 2 aliphatic heterocycles. The molecule has 1 fully saturated rings. The summed E-state index contributed by atoms with van der Waals surface area (Å²) < 4.78 is 108. The first kappa shape index (κ1) is 32.8. The van der Waals surface area contributed by atoms with Gasteiger partial charge in [0.2, 0.25) is 34.4 Å². The van der Waals surface area contributed by atoms with Crippen LogP contribution < -0.4 is 19.1 Å². The van der Waals surface area contributed by atoms with E-state index in [4.69, 9.17) is 14.7 Å². The van der Waals surface area contributed by atoms with Crippen LogP contribution in [0, 0.1) is 23.3 Å². The fourth-order valence-corrected chi connectivity index (χ4v) is 7.31. The second-order valence-corrected chi connectivity index (χ2v) is 13.1. The molecule has 0 spiro atoms. The van der Waals surface area contributed by atoms with Crippen molar-refractivity contribution in [1.29, 1.82) is 0 Å². The summed E-state index contributed by atoms with van der Waals surface area (Å²) in [6.07, 6.45) is 2.39. The average Bonchev–Trinajstić information content (AvgIpc) is 3.48. The van der Waals surface area contributed by atoms with Crippen LogP contribution in [0.3, 0.4) is 0 Å². The number of likely N-dealkylation sites (N-methyl/N-ethyl adjacent to an activating group) is 1. The van der Waals surface area contributed by atoms with E-state index in [-0.39, 0.29) is 18.3 Å². The maximum absolute atomic E-state index is 14.6. The van der Waals surface area contributed by atoms with Crippen LogP contribution >= 0.6 is 0 Å². The number of likely N-dealkylation sites (tertiary alicyclic amines) is 1. The largest absolute Gasteiger partial charge is 0.475 e. The minimum atomic E-state index is -5.06. The number of halogens is 5. The summed E-state index contributed by atoms with van der Waals surface area (Å²) in [5.41, 5.74) is 2.79. The SMILES string of the molecule is CN1CCC[C@@H]1COc1nc2c(nc1CCNS(=O)(=O)c1c(F)c(F)c(F)c(F)c1OCF)CCN(c1cccc3ccccc13)C2. The summed E-state index contributed by atoms with van der Waals surface area (Å²) >= 11 is 0. The molecule has 47 heavy (non-hydrogen) atoms. The predicted molar refractivity (Wildman–Crippen MR) is 164 cm³/mol. The van der Waals surface area contributed by atoms with Gasteiger partial charge in [-0.05, 0) is 37.9 Å². The number of benzene rings is 3. The lowest BCUT2D eigenvalue weighted by Gasteiger charge is -2.31. The minimum absolute atomic E-state index is 0.102. The molecule has 250 valence electrons. The van der Waals surface area contributed by atoms with Gasteiger partial charge >= 0.3 is 0 Å². The summed E-state index contributed by atoms with van der Waals surface area (Å²) in [5.74, 6) is -10.5. The van der Waals surface area contributed by atoms with Gasteiger partial charge in [-0.1, -0.05) is 36.4 Å². The monoisotopic (exact) mass is 677 g/mol. The smallest absolute Gasteiger partial charge is 0.247 e. The Kier molecular flexibility index (Phi) is 9.48. The number of aromatic nitrogens is 2. The van der Waals surface area contributed by atoms with Gasteiger partial charge in [0, 0.05) is 43.0 Å². The van der Waals surface area contributed by atoms with Crippen LogP contribution in [0.4, 0.5) is 27.6 Å². The van der Waals surface area contributed by atoms with Crippen LogP contribution in [0.2, 0.25) is 0 Å². The van der Waals surface area contributed by atoms with Crippen molar-refractivity contribution in [2.75, 3.05) is 45.0 Å². The Bertz CT molecular complexity index is 1910. The highest BCUT2D eigenvalue weighted by atomic mass is 32.2. The molecule has 9 nitrogen and oxygen atoms in total. The van der Waals surface area contributed by atoms with Gasteiger partial charge in [0.1, 0.15) is 12.3 Å². The predicted octanol–water partition coefficient (Wildman–Crippen LogP) is 5.05. The van der Waals surface area contributed by atoms with E-state index in [1.54, 1.807) is 0 Å². The van der Waals surface area contributed by atoms with Crippen LogP contribution in [0.25, 0.3) is 10.8 Å². The average molecular weight is 678 g/mol. The van der Waals surface area contributed by atoms with Crippen molar-refractivity contribution >= 4 is 26.5 Å². The lowest BCUT2D eigenvalue weighted by atomic mass is 10.0. The molecule has 6 rings (SSSR count). The van der Waals surface area contributed by atoms with Crippen LogP contribution in [-0.4, -0.2) is 69.5 Å². The zero-order valence-corrected chi connectivity index (χ0v) is 26.2. The first-order chi connectivity index (χ1) is 22.6. The zero-order chi connectivity index (χ0) is 33.3. The zero-order valence-electron chi connectivity index (χ0n) is 25.4. The van der Waals surface area contributed by atoms with Crippen molar-refractivity contribution in [3.8, 4) is 11.6 Å². The molecule has 4 aromatic rings. The van der Waals surface area contributed by atoms with E-state index in [0.717, 1.165) is 35.8 Å². The van der Waals surface area contributed by atoms with Crippen molar-refractivity contribution in [2.24, 2.45) is 0 Å². The molecule has 1 atom stereocenters. The van der Waals surface area contributed by atoms with Crippen LogP contribution in [0.1, 0.15) is 29.9 Å². The van der Waals surface area contributed by atoms with Crippen LogP contribution in [0.15, 0.2) is 47.4 Å². The summed E-state index contributed by atoms with van der Waals surface area (Å²) in [5, 5.41) is 2.22. The van der Waals surface area contributed by atoms with Crippen molar-refractivity contribution in [1.82, 2.24) is 19.6 Å². The molecule has 0 radical (unpaired) electrons. The maximum Gasteiger partial charge on any atom is 0.247 e. The van der Waals surface area contributed by atoms with Gasteiger partial charge in [-0.25, -0.2) is 35.7 Å². The Hall–Kier alpha value is -4.08. The highest BCUT2D eigenvalue weighted by molar-refractivity contribution is 7.89. The number of nitrogens with zero attached hydrogens (tertiary/aromatic N) is 4. The quantitative estimate of drug-likeness (QED) is 0.134. The van der Waals surface area contributed by atoms with Gasteiger partial charge in [0.15, 0.2) is 22.3 Å². The molecule has 2 aliphatic rings. The molecule has 0 saturated carbocycles. The standard InChI is InChI=1S/C32H32F5N5O4S/c1-41-14-5-8-20(41)17-45-32-23(11-13-38-47(43,44)31-29(37)27(35)26(34)28(36)30(31)46-18-33)39-22-12-15-42(16-24(22)40-32)25-10-4-7-19-6-2-3-9-21(19)25/h2-4,6-7,9-10,20,38H,5,8,11-18H2,1H3/t20-/m1/s1. The molecular formula is C32H32F5N5O4S. The van der Waals surface area contributed by atoms with Gasteiger partial charge in [0.05, 0.1) is 17.9 Å². The van der Waals surface area contributed by atoms with Gasteiger partial charge in [-0.2, -0.15) is 4.39 Å². The number of hydrogen-bond donors (Lipinski definition) is 1. The molecule has 3 heterocycles. The van der Waals surface area contributed by atoms with E-state index in [2.05, 4.69) is 38.8 Å². The molecule has 0 amide bonds. The molecular weight excluding hydrogens is 645 g/mol. The number of ether oxygens (including phenoxy) is 2. The number of sulfonamides is 1. The van der Waals surface area contributed by atoms with Crippen molar-refractivity contribution < 1.29 is 39.8 Å². The number of fused-ring (bicyclic) bond motifs is 2. The van der Waals surface area contributed by atoms with E-state index in [1.165, 1.54) is 0 Å². The Morgan fingerprint density at radius 3 is 2.47 bits per heavy atom. The molecule has 0 unspecified atom stereocenters. The van der Waals surface area contributed by atoms with Gasteiger partial charge < -0.3 is 19.3 Å². The van der Waals surface area contributed by atoms with Crippen molar-refractivity contribution in [3.05, 3.63) is 82.8 Å². The summed E-state index contributed by atoms with van der Waals surface area (Å²) in [6, 6.07) is 14.3. The topological polar surface area (TPSA) is 96.9 Å². The number of hydrogen-bond acceptors (Lipinski definition) is 8.